The van der Waals surface area contributed by atoms with Crippen molar-refractivity contribution in [3.8, 4) is 0 Å². The van der Waals surface area contributed by atoms with Gasteiger partial charge in [-0.25, -0.2) is 4.39 Å². The third-order valence-electron chi connectivity index (χ3n) is 2.03. The van der Waals surface area contributed by atoms with E-state index in [1.165, 1.54) is 12.1 Å². The zero-order chi connectivity index (χ0) is 10.7. The maximum Gasteiger partial charge on any atom is 0.273 e. The van der Waals surface area contributed by atoms with E-state index in [0.29, 0.717) is 5.56 Å². The van der Waals surface area contributed by atoms with Gasteiger partial charge in [-0.1, -0.05) is 13.0 Å². The van der Waals surface area contributed by atoms with Gasteiger partial charge >= 0.3 is 0 Å². The van der Waals surface area contributed by atoms with Gasteiger partial charge in [0.2, 0.25) is 0 Å². The summed E-state index contributed by atoms with van der Waals surface area (Å²) in [7, 11) is 0. The van der Waals surface area contributed by atoms with Crippen LogP contribution >= 0.6 is 0 Å². The van der Waals surface area contributed by atoms with Crippen LogP contribution in [0.25, 0.3) is 0 Å². The van der Waals surface area contributed by atoms with Crippen molar-refractivity contribution >= 4 is 5.69 Å². The third kappa shape index (κ3) is 1.96. The lowest BCUT2D eigenvalue weighted by Gasteiger charge is -2.06. The highest BCUT2D eigenvalue weighted by Gasteiger charge is 2.17. The van der Waals surface area contributed by atoms with E-state index in [1.54, 1.807) is 13.0 Å². The van der Waals surface area contributed by atoms with E-state index < -0.39 is 10.7 Å². The van der Waals surface area contributed by atoms with E-state index in [1.807, 2.05) is 0 Å². The Hall–Kier alpha value is -1.71. The van der Waals surface area contributed by atoms with Crippen molar-refractivity contribution in [2.45, 2.75) is 12.8 Å². The number of halogens is 1. The molecule has 0 aromatic heterocycles. The normalized spacial score (nSPS) is 12.1. The molecule has 4 heteroatoms. The number of allylic oxidation sites excluding steroid dienone is 1. The predicted molar refractivity (Wildman–Crippen MR) is 51.7 cm³/mol. The second-order valence-electron chi connectivity index (χ2n) is 2.98. The van der Waals surface area contributed by atoms with Gasteiger partial charge in [0.05, 0.1) is 4.92 Å². The fourth-order valence-electron chi connectivity index (χ4n) is 1.18. The van der Waals surface area contributed by atoms with Crippen LogP contribution < -0.4 is 0 Å². The maximum atomic E-state index is 12.9. The third-order valence-corrected chi connectivity index (χ3v) is 2.03. The van der Waals surface area contributed by atoms with Crippen LogP contribution in [0, 0.1) is 15.9 Å². The van der Waals surface area contributed by atoms with Gasteiger partial charge in [0.1, 0.15) is 5.82 Å². The zero-order valence-electron chi connectivity index (χ0n) is 7.74. The fourth-order valence-corrected chi connectivity index (χ4v) is 1.18. The lowest BCUT2D eigenvalue weighted by molar-refractivity contribution is -0.385. The molecule has 1 aromatic rings. The molecule has 0 fully saturated rings. The van der Waals surface area contributed by atoms with Crippen LogP contribution in [-0.2, 0) is 0 Å². The quantitative estimate of drug-likeness (QED) is 0.422. The minimum absolute atomic E-state index is 0.0706. The van der Waals surface area contributed by atoms with Crippen LogP contribution in [0.2, 0.25) is 0 Å². The van der Waals surface area contributed by atoms with Crippen molar-refractivity contribution in [3.05, 3.63) is 52.3 Å². The number of rotatable bonds is 3. The average Bonchev–Trinajstić information content (AvgIpc) is 2.16. The smallest absolute Gasteiger partial charge is 0.258 e. The molecule has 0 saturated heterocycles. The molecule has 0 amide bonds. The molecule has 0 aliphatic rings. The minimum Gasteiger partial charge on any atom is -0.258 e. The van der Waals surface area contributed by atoms with Gasteiger partial charge in [0.15, 0.2) is 0 Å². The van der Waals surface area contributed by atoms with Crippen LogP contribution in [-0.4, -0.2) is 4.92 Å². The van der Waals surface area contributed by atoms with E-state index in [-0.39, 0.29) is 11.6 Å². The Labute approximate surface area is 81.0 Å². The van der Waals surface area contributed by atoms with Crippen molar-refractivity contribution in [1.29, 1.82) is 0 Å². The first kappa shape index (κ1) is 10.4. The maximum absolute atomic E-state index is 12.9. The number of nitro benzene ring substituents is 1. The molecule has 0 aliphatic carbocycles. The Morgan fingerprint density at radius 1 is 1.64 bits per heavy atom. The van der Waals surface area contributed by atoms with Gasteiger partial charge in [0, 0.05) is 17.5 Å². The summed E-state index contributed by atoms with van der Waals surface area (Å²) in [4.78, 5) is 10.1. The SMILES string of the molecule is C=CC(C)c1cc(F)ccc1[N+](=O)[O-]. The van der Waals surface area contributed by atoms with Crippen molar-refractivity contribution in [2.24, 2.45) is 0 Å². The van der Waals surface area contributed by atoms with Crippen LogP contribution in [0.3, 0.4) is 0 Å². The highest BCUT2D eigenvalue weighted by Crippen LogP contribution is 2.27. The molecule has 74 valence electrons. The molecular weight excluding hydrogens is 185 g/mol. The molecule has 0 N–H and O–H groups in total. The summed E-state index contributed by atoms with van der Waals surface area (Å²) >= 11 is 0. The lowest BCUT2D eigenvalue weighted by Crippen LogP contribution is -1.98. The monoisotopic (exact) mass is 195 g/mol. The van der Waals surface area contributed by atoms with Gasteiger partial charge in [-0.2, -0.15) is 0 Å². The van der Waals surface area contributed by atoms with Gasteiger partial charge < -0.3 is 0 Å². The number of hydrogen-bond donors (Lipinski definition) is 0. The minimum atomic E-state index is -0.519. The van der Waals surface area contributed by atoms with Gasteiger partial charge in [0.25, 0.3) is 5.69 Å². The van der Waals surface area contributed by atoms with E-state index in [9.17, 15) is 14.5 Å². The molecule has 14 heavy (non-hydrogen) atoms. The summed E-state index contributed by atoms with van der Waals surface area (Å²) in [5, 5.41) is 10.6. The summed E-state index contributed by atoms with van der Waals surface area (Å²) in [6.07, 6.45) is 1.54. The molecule has 3 nitrogen and oxygen atoms in total. The molecule has 0 bridgehead atoms. The molecule has 0 spiro atoms. The number of hydrogen-bond acceptors (Lipinski definition) is 2. The lowest BCUT2D eigenvalue weighted by atomic mass is 9.99. The van der Waals surface area contributed by atoms with Crippen molar-refractivity contribution in [3.63, 3.8) is 0 Å². The van der Waals surface area contributed by atoms with Crippen LogP contribution in [0.1, 0.15) is 18.4 Å². The Bertz CT molecular complexity index is 376. The summed E-state index contributed by atoms with van der Waals surface area (Å²) in [6, 6.07) is 3.42. The molecule has 0 saturated carbocycles. The van der Waals surface area contributed by atoms with Crippen LogP contribution in [0.5, 0.6) is 0 Å². The molecular formula is C10H10FNO2. The van der Waals surface area contributed by atoms with Gasteiger partial charge in [-0.3, -0.25) is 10.1 Å². The average molecular weight is 195 g/mol. The van der Waals surface area contributed by atoms with Gasteiger partial charge in [-0.05, 0) is 12.1 Å². The molecule has 1 atom stereocenters. The van der Waals surface area contributed by atoms with E-state index >= 15 is 0 Å². The molecule has 1 unspecified atom stereocenters. The molecule has 1 rings (SSSR count). The Balaban J connectivity index is 3.29. The first-order valence-electron chi connectivity index (χ1n) is 4.12. The van der Waals surface area contributed by atoms with Crippen molar-refractivity contribution < 1.29 is 9.31 Å². The molecule has 0 aliphatic heterocycles. The van der Waals surface area contributed by atoms with E-state index in [4.69, 9.17) is 0 Å². The predicted octanol–water partition coefficient (Wildman–Crippen LogP) is 3.02. The second kappa shape index (κ2) is 4.00. The summed E-state index contributed by atoms with van der Waals surface area (Å²) < 4.78 is 12.9. The topological polar surface area (TPSA) is 43.1 Å². The highest BCUT2D eigenvalue weighted by molar-refractivity contribution is 5.43. The second-order valence-corrected chi connectivity index (χ2v) is 2.98. The first-order chi connectivity index (χ1) is 6.56. The Morgan fingerprint density at radius 2 is 2.29 bits per heavy atom. The molecule has 0 heterocycles. The largest absolute Gasteiger partial charge is 0.273 e. The molecule has 0 radical (unpaired) electrons. The zero-order valence-corrected chi connectivity index (χ0v) is 7.74. The number of benzene rings is 1. The molecule has 1 aromatic carbocycles. The van der Waals surface area contributed by atoms with E-state index in [0.717, 1.165) is 6.07 Å². The first-order valence-corrected chi connectivity index (χ1v) is 4.12. The van der Waals surface area contributed by atoms with Crippen LogP contribution in [0.15, 0.2) is 30.9 Å². The van der Waals surface area contributed by atoms with Gasteiger partial charge in [-0.15, -0.1) is 6.58 Å². The summed E-state index contributed by atoms with van der Waals surface area (Å²) in [5.41, 5.74) is 0.281. The summed E-state index contributed by atoms with van der Waals surface area (Å²) in [6.45, 7) is 5.25. The van der Waals surface area contributed by atoms with Crippen molar-refractivity contribution in [2.75, 3.05) is 0 Å². The highest BCUT2D eigenvalue weighted by atomic mass is 19.1. The Morgan fingerprint density at radius 3 is 2.79 bits per heavy atom. The Kier molecular flexibility index (Phi) is 2.96. The standard InChI is InChI=1S/C10H10FNO2/c1-3-7(2)9-6-8(11)4-5-10(9)12(13)14/h3-7H,1H2,2H3. The van der Waals surface area contributed by atoms with E-state index in [2.05, 4.69) is 6.58 Å². The number of nitro groups is 1. The van der Waals surface area contributed by atoms with Crippen molar-refractivity contribution in [1.82, 2.24) is 0 Å². The summed E-state index contributed by atoms with van der Waals surface area (Å²) in [5.74, 6) is -0.703. The fraction of sp³-hybridized carbons (Fsp3) is 0.200. The number of nitrogens with zero attached hydrogens (tertiary/aromatic N) is 1. The van der Waals surface area contributed by atoms with Crippen LogP contribution in [0.4, 0.5) is 10.1 Å².